The van der Waals surface area contributed by atoms with Gasteiger partial charge in [0.05, 0.1) is 24.5 Å². The Morgan fingerprint density at radius 1 is 1.42 bits per heavy atom. The third-order valence-electron chi connectivity index (χ3n) is 2.36. The van der Waals surface area contributed by atoms with E-state index in [1.807, 2.05) is 0 Å². The first-order valence-corrected chi connectivity index (χ1v) is 7.45. The molecule has 0 saturated heterocycles. The lowest BCUT2D eigenvalue weighted by atomic mass is 10.2. The molecule has 0 saturated carbocycles. The maximum atomic E-state index is 11.7. The summed E-state index contributed by atoms with van der Waals surface area (Å²) in [6, 6.07) is 4.45. The number of phenolic OH excluding ortho intramolecular Hbond substituents is 1. The number of benzene rings is 1. The SMILES string of the molecule is CCOC(=O)CCS(=O)(=O)Nc1ccc(C)c(O)c1. The summed E-state index contributed by atoms with van der Waals surface area (Å²) >= 11 is 0. The minimum Gasteiger partial charge on any atom is -0.508 e. The molecule has 0 aliphatic heterocycles. The highest BCUT2D eigenvalue weighted by atomic mass is 32.2. The zero-order valence-electron chi connectivity index (χ0n) is 10.8. The average Bonchev–Trinajstić information content (AvgIpc) is 2.32. The number of anilines is 1. The van der Waals surface area contributed by atoms with Crippen molar-refractivity contribution >= 4 is 21.7 Å². The Balaban J connectivity index is 2.64. The summed E-state index contributed by atoms with van der Waals surface area (Å²) in [6.07, 6.45) is -0.207. The Morgan fingerprint density at radius 2 is 2.11 bits per heavy atom. The summed E-state index contributed by atoms with van der Waals surface area (Å²) in [5.74, 6) is -0.911. The van der Waals surface area contributed by atoms with Crippen LogP contribution in [-0.2, 0) is 19.6 Å². The summed E-state index contributed by atoms with van der Waals surface area (Å²) < 4.78 is 30.3. The zero-order valence-corrected chi connectivity index (χ0v) is 11.7. The largest absolute Gasteiger partial charge is 0.508 e. The van der Waals surface area contributed by atoms with Gasteiger partial charge in [-0.15, -0.1) is 0 Å². The molecule has 0 heterocycles. The summed E-state index contributed by atoms with van der Waals surface area (Å²) in [5, 5.41) is 9.48. The van der Waals surface area contributed by atoms with Crippen molar-refractivity contribution in [1.82, 2.24) is 0 Å². The Kier molecular flexibility index (Phi) is 5.17. The van der Waals surface area contributed by atoms with Gasteiger partial charge >= 0.3 is 5.97 Å². The van der Waals surface area contributed by atoms with E-state index in [0.29, 0.717) is 5.56 Å². The lowest BCUT2D eigenvalue weighted by Gasteiger charge is -2.09. The van der Waals surface area contributed by atoms with E-state index in [0.717, 1.165) is 0 Å². The molecule has 0 fully saturated rings. The number of carbonyl (C=O) groups excluding carboxylic acids is 1. The van der Waals surface area contributed by atoms with Crippen LogP contribution in [0.1, 0.15) is 18.9 Å². The number of phenols is 1. The van der Waals surface area contributed by atoms with Crippen LogP contribution in [0.15, 0.2) is 18.2 Å². The molecule has 0 bridgehead atoms. The number of hydrogen-bond acceptors (Lipinski definition) is 5. The molecule has 7 heteroatoms. The number of esters is 1. The number of rotatable bonds is 6. The number of hydrogen-bond donors (Lipinski definition) is 2. The molecule has 1 rings (SSSR count). The number of sulfonamides is 1. The Morgan fingerprint density at radius 3 is 2.68 bits per heavy atom. The van der Waals surface area contributed by atoms with Gasteiger partial charge in [0.25, 0.3) is 0 Å². The van der Waals surface area contributed by atoms with Gasteiger partial charge in [-0.05, 0) is 25.5 Å². The second-order valence-corrected chi connectivity index (χ2v) is 5.82. The van der Waals surface area contributed by atoms with Gasteiger partial charge in [0, 0.05) is 6.07 Å². The van der Waals surface area contributed by atoms with E-state index < -0.39 is 16.0 Å². The van der Waals surface area contributed by atoms with Gasteiger partial charge in [-0.3, -0.25) is 9.52 Å². The maximum absolute atomic E-state index is 11.7. The summed E-state index contributed by atoms with van der Waals surface area (Å²) in [7, 11) is -3.64. The van der Waals surface area contributed by atoms with E-state index in [2.05, 4.69) is 9.46 Å². The minimum atomic E-state index is -3.64. The number of carbonyl (C=O) groups is 1. The Labute approximate surface area is 112 Å². The van der Waals surface area contributed by atoms with Crippen LogP contribution in [0.4, 0.5) is 5.69 Å². The molecule has 0 aromatic heterocycles. The molecule has 0 unspecified atom stereocenters. The van der Waals surface area contributed by atoms with E-state index in [4.69, 9.17) is 0 Å². The highest BCUT2D eigenvalue weighted by Gasteiger charge is 2.14. The van der Waals surface area contributed by atoms with Gasteiger partial charge in [0.1, 0.15) is 5.75 Å². The average molecular weight is 287 g/mol. The smallest absolute Gasteiger partial charge is 0.306 e. The summed E-state index contributed by atoms with van der Waals surface area (Å²) in [4.78, 5) is 11.1. The number of ether oxygens (including phenoxy) is 1. The van der Waals surface area contributed by atoms with Gasteiger partial charge in [-0.2, -0.15) is 0 Å². The predicted octanol–water partition coefficient (Wildman–Crippen LogP) is 1.40. The molecule has 6 nitrogen and oxygen atoms in total. The van der Waals surface area contributed by atoms with Crippen molar-refractivity contribution in [2.75, 3.05) is 17.1 Å². The first-order chi connectivity index (χ1) is 8.84. The third-order valence-corrected chi connectivity index (χ3v) is 3.65. The molecule has 106 valence electrons. The predicted molar refractivity (Wildman–Crippen MR) is 71.5 cm³/mol. The quantitative estimate of drug-likeness (QED) is 0.771. The van der Waals surface area contributed by atoms with Crippen LogP contribution in [0.5, 0.6) is 5.75 Å². The molecule has 0 radical (unpaired) electrons. The molecule has 0 amide bonds. The zero-order chi connectivity index (χ0) is 14.5. The molecular formula is C12H17NO5S. The van der Waals surface area contributed by atoms with Crippen molar-refractivity contribution < 1.29 is 23.1 Å². The molecule has 0 aliphatic carbocycles. The van der Waals surface area contributed by atoms with Crippen molar-refractivity contribution in [3.63, 3.8) is 0 Å². The first-order valence-electron chi connectivity index (χ1n) is 5.80. The van der Waals surface area contributed by atoms with E-state index in [9.17, 15) is 18.3 Å². The minimum absolute atomic E-state index is 0.00518. The number of aromatic hydroxyl groups is 1. The van der Waals surface area contributed by atoms with Crippen molar-refractivity contribution in [1.29, 1.82) is 0 Å². The van der Waals surface area contributed by atoms with Crippen LogP contribution >= 0.6 is 0 Å². The van der Waals surface area contributed by atoms with Crippen LogP contribution < -0.4 is 4.72 Å². The van der Waals surface area contributed by atoms with Crippen molar-refractivity contribution in [2.24, 2.45) is 0 Å². The van der Waals surface area contributed by atoms with Crippen LogP contribution in [0.25, 0.3) is 0 Å². The van der Waals surface area contributed by atoms with Crippen LogP contribution in [0.2, 0.25) is 0 Å². The molecule has 19 heavy (non-hydrogen) atoms. The van der Waals surface area contributed by atoms with Gasteiger partial charge in [-0.25, -0.2) is 8.42 Å². The highest BCUT2D eigenvalue weighted by molar-refractivity contribution is 7.92. The lowest BCUT2D eigenvalue weighted by molar-refractivity contribution is -0.142. The summed E-state index contributed by atoms with van der Waals surface area (Å²) in [5.41, 5.74) is 0.904. The van der Waals surface area contributed by atoms with Gasteiger partial charge in [-0.1, -0.05) is 6.07 Å². The van der Waals surface area contributed by atoms with Gasteiger partial charge < -0.3 is 9.84 Å². The van der Waals surface area contributed by atoms with Crippen LogP contribution in [0, 0.1) is 6.92 Å². The molecule has 2 N–H and O–H groups in total. The fourth-order valence-electron chi connectivity index (χ4n) is 1.35. The Hall–Kier alpha value is -1.76. The van der Waals surface area contributed by atoms with Crippen LogP contribution in [-0.4, -0.2) is 31.9 Å². The van der Waals surface area contributed by atoms with Crippen LogP contribution in [0.3, 0.4) is 0 Å². The molecule has 0 aliphatic rings. The second kappa shape index (κ2) is 6.42. The fourth-order valence-corrected chi connectivity index (χ4v) is 2.38. The van der Waals surface area contributed by atoms with Crippen molar-refractivity contribution in [3.05, 3.63) is 23.8 Å². The molecule has 1 aromatic rings. The molecule has 0 atom stereocenters. The van der Waals surface area contributed by atoms with E-state index >= 15 is 0 Å². The number of aryl methyl sites for hydroxylation is 1. The maximum Gasteiger partial charge on any atom is 0.306 e. The first kappa shape index (κ1) is 15.3. The third kappa shape index (κ3) is 5.17. The van der Waals surface area contributed by atoms with Crippen molar-refractivity contribution in [2.45, 2.75) is 20.3 Å². The standard InChI is InChI=1S/C12H17NO5S/c1-3-18-12(15)6-7-19(16,17)13-10-5-4-9(2)11(14)8-10/h4-5,8,13-14H,3,6-7H2,1-2H3. The highest BCUT2D eigenvalue weighted by Crippen LogP contribution is 2.21. The lowest BCUT2D eigenvalue weighted by Crippen LogP contribution is -2.19. The monoisotopic (exact) mass is 287 g/mol. The molecular weight excluding hydrogens is 270 g/mol. The van der Waals surface area contributed by atoms with Crippen molar-refractivity contribution in [3.8, 4) is 5.75 Å². The molecule has 0 spiro atoms. The second-order valence-electron chi connectivity index (χ2n) is 3.98. The topological polar surface area (TPSA) is 92.7 Å². The van der Waals surface area contributed by atoms with E-state index in [1.165, 1.54) is 12.1 Å². The number of nitrogens with one attached hydrogen (secondary N) is 1. The summed E-state index contributed by atoms with van der Waals surface area (Å²) in [6.45, 7) is 3.58. The van der Waals surface area contributed by atoms with E-state index in [-0.39, 0.29) is 30.2 Å². The fraction of sp³-hybridized carbons (Fsp3) is 0.417. The Bertz CT molecular complexity index is 553. The van der Waals surface area contributed by atoms with Gasteiger partial charge in [0.2, 0.25) is 10.0 Å². The normalized spacial score (nSPS) is 11.1. The molecule has 1 aromatic carbocycles. The van der Waals surface area contributed by atoms with Gasteiger partial charge in [0.15, 0.2) is 0 Å². The van der Waals surface area contributed by atoms with E-state index in [1.54, 1.807) is 19.9 Å².